The van der Waals surface area contributed by atoms with Gasteiger partial charge in [0.15, 0.2) is 0 Å². The first-order valence-corrected chi connectivity index (χ1v) is 10.6. The van der Waals surface area contributed by atoms with E-state index in [1.807, 2.05) is 4.90 Å². The Kier molecular flexibility index (Phi) is 4.36. The highest BCUT2D eigenvalue weighted by atomic mass is 28.3. The number of unbranched alkanes of at least 4 members (excludes halogenated alkanes) is 1. The topological polar surface area (TPSA) is 29.5 Å². The molecule has 3 nitrogen and oxygen atoms in total. The van der Waals surface area contributed by atoms with Crippen molar-refractivity contribution >= 4 is 14.2 Å². The zero-order valence-electron chi connectivity index (χ0n) is 12.2. The Balaban J connectivity index is 1.84. The van der Waals surface area contributed by atoms with Crippen LogP contribution >= 0.6 is 0 Å². The standard InChI is InChI=1S/C15H23NO2Si/c1-19(2,3)11-6-4-5-8-13-9-7-10-14-12-18-15(17)16(13)14/h9,14H,4-5,7-8,10,12H2,1-3H3/t14-/m0/s1. The lowest BCUT2D eigenvalue weighted by Crippen LogP contribution is -2.35. The second-order valence-corrected chi connectivity index (χ2v) is 11.0. The van der Waals surface area contributed by atoms with Gasteiger partial charge >= 0.3 is 6.09 Å². The molecule has 0 aromatic heterocycles. The van der Waals surface area contributed by atoms with E-state index in [0.29, 0.717) is 6.61 Å². The molecule has 104 valence electrons. The lowest BCUT2D eigenvalue weighted by Gasteiger charge is -2.27. The highest BCUT2D eigenvalue weighted by Crippen LogP contribution is 2.29. The average Bonchev–Trinajstić information content (AvgIpc) is 2.70. The van der Waals surface area contributed by atoms with Crippen molar-refractivity contribution in [3.8, 4) is 11.5 Å². The van der Waals surface area contributed by atoms with Crippen molar-refractivity contribution in [3.63, 3.8) is 0 Å². The van der Waals surface area contributed by atoms with Crippen molar-refractivity contribution in [2.45, 2.75) is 57.8 Å². The summed E-state index contributed by atoms with van der Waals surface area (Å²) in [5.74, 6) is 3.29. The Morgan fingerprint density at radius 3 is 3.00 bits per heavy atom. The fraction of sp³-hybridized carbons (Fsp3) is 0.667. The number of rotatable bonds is 3. The van der Waals surface area contributed by atoms with Gasteiger partial charge in [-0.2, -0.15) is 0 Å². The van der Waals surface area contributed by atoms with Crippen LogP contribution in [0.5, 0.6) is 0 Å². The summed E-state index contributed by atoms with van der Waals surface area (Å²) in [4.78, 5) is 13.5. The fourth-order valence-electron chi connectivity index (χ4n) is 2.47. The molecule has 1 amide bonds. The van der Waals surface area contributed by atoms with Gasteiger partial charge in [-0.25, -0.2) is 4.79 Å². The zero-order valence-corrected chi connectivity index (χ0v) is 13.2. The Bertz CT molecular complexity index is 439. The molecule has 2 rings (SSSR count). The highest BCUT2D eigenvalue weighted by Gasteiger charge is 2.36. The van der Waals surface area contributed by atoms with E-state index in [2.05, 4.69) is 37.2 Å². The van der Waals surface area contributed by atoms with Gasteiger partial charge in [-0.15, -0.1) is 11.5 Å². The molecule has 2 aliphatic rings. The maximum absolute atomic E-state index is 11.7. The van der Waals surface area contributed by atoms with Crippen molar-refractivity contribution in [1.29, 1.82) is 0 Å². The van der Waals surface area contributed by atoms with Crippen molar-refractivity contribution in [2.24, 2.45) is 0 Å². The van der Waals surface area contributed by atoms with Crippen molar-refractivity contribution in [1.82, 2.24) is 4.90 Å². The van der Waals surface area contributed by atoms with Gasteiger partial charge in [0.05, 0.1) is 6.04 Å². The molecule has 0 aliphatic carbocycles. The summed E-state index contributed by atoms with van der Waals surface area (Å²) in [7, 11) is -1.24. The van der Waals surface area contributed by atoms with Crippen LogP contribution in [0.2, 0.25) is 19.6 Å². The summed E-state index contributed by atoms with van der Waals surface area (Å²) >= 11 is 0. The van der Waals surface area contributed by atoms with Crippen molar-refractivity contribution in [3.05, 3.63) is 11.8 Å². The minimum absolute atomic E-state index is 0.163. The Morgan fingerprint density at radius 2 is 2.26 bits per heavy atom. The maximum atomic E-state index is 11.7. The molecule has 1 fully saturated rings. The van der Waals surface area contributed by atoms with Crippen LogP contribution in [-0.4, -0.2) is 31.7 Å². The first-order chi connectivity index (χ1) is 8.97. The maximum Gasteiger partial charge on any atom is 0.414 e. The van der Waals surface area contributed by atoms with Crippen LogP contribution in [0.15, 0.2) is 11.8 Å². The number of nitrogens with zero attached hydrogens (tertiary/aromatic N) is 1. The van der Waals surface area contributed by atoms with Crippen LogP contribution in [0.4, 0.5) is 4.79 Å². The number of carbonyl (C=O) groups is 1. The third kappa shape index (κ3) is 3.87. The molecular weight excluding hydrogens is 254 g/mol. The van der Waals surface area contributed by atoms with Gasteiger partial charge in [0, 0.05) is 12.1 Å². The third-order valence-electron chi connectivity index (χ3n) is 3.35. The summed E-state index contributed by atoms with van der Waals surface area (Å²) in [6, 6.07) is 0.278. The molecule has 0 saturated carbocycles. The minimum Gasteiger partial charge on any atom is -0.447 e. The van der Waals surface area contributed by atoms with Gasteiger partial charge in [-0.05, 0) is 25.7 Å². The molecule has 2 heterocycles. The van der Waals surface area contributed by atoms with E-state index in [0.717, 1.165) is 37.8 Å². The lowest BCUT2D eigenvalue weighted by atomic mass is 10.0. The Morgan fingerprint density at radius 1 is 1.47 bits per heavy atom. The smallest absolute Gasteiger partial charge is 0.414 e. The number of allylic oxidation sites excluding steroid dienone is 2. The van der Waals surface area contributed by atoms with Crippen molar-refractivity contribution in [2.75, 3.05) is 6.61 Å². The largest absolute Gasteiger partial charge is 0.447 e. The van der Waals surface area contributed by atoms with Crippen LogP contribution in [0, 0.1) is 11.5 Å². The SMILES string of the molecule is C[Si](C)(C)C#CCCCC1=CCC[C@H]2COC(=O)N12. The van der Waals surface area contributed by atoms with Crippen LogP contribution in [0.3, 0.4) is 0 Å². The van der Waals surface area contributed by atoms with Crippen LogP contribution in [-0.2, 0) is 4.74 Å². The van der Waals surface area contributed by atoms with Gasteiger partial charge in [-0.3, -0.25) is 4.90 Å². The summed E-state index contributed by atoms with van der Waals surface area (Å²) in [6.45, 7) is 7.34. The van der Waals surface area contributed by atoms with Crippen LogP contribution < -0.4 is 0 Å². The van der Waals surface area contributed by atoms with E-state index in [4.69, 9.17) is 4.74 Å². The molecule has 4 heteroatoms. The van der Waals surface area contributed by atoms with Crippen LogP contribution in [0.25, 0.3) is 0 Å². The van der Waals surface area contributed by atoms with E-state index in [1.165, 1.54) is 0 Å². The Labute approximate surface area is 117 Å². The molecular formula is C15H23NO2Si. The van der Waals surface area contributed by atoms with Gasteiger partial charge in [-0.1, -0.05) is 25.7 Å². The molecule has 1 saturated heterocycles. The van der Waals surface area contributed by atoms with Gasteiger partial charge in [0.25, 0.3) is 0 Å². The number of cyclic esters (lactones) is 1. The van der Waals surface area contributed by atoms with E-state index in [-0.39, 0.29) is 12.1 Å². The highest BCUT2D eigenvalue weighted by molar-refractivity contribution is 6.83. The molecule has 0 radical (unpaired) electrons. The molecule has 0 unspecified atom stereocenters. The molecule has 0 aromatic rings. The van der Waals surface area contributed by atoms with E-state index >= 15 is 0 Å². The van der Waals surface area contributed by atoms with Gasteiger partial charge in [0.1, 0.15) is 14.7 Å². The summed E-state index contributed by atoms with van der Waals surface area (Å²) in [5.41, 5.74) is 4.53. The lowest BCUT2D eigenvalue weighted by molar-refractivity contribution is 0.163. The van der Waals surface area contributed by atoms with Gasteiger partial charge in [0.2, 0.25) is 0 Å². The number of fused-ring (bicyclic) bond motifs is 1. The number of carbonyl (C=O) groups excluding carboxylic acids is 1. The number of ether oxygens (including phenoxy) is 1. The summed E-state index contributed by atoms with van der Waals surface area (Å²) in [6.07, 6.45) is 7.01. The molecule has 1 atom stereocenters. The Hall–Kier alpha value is -1.21. The van der Waals surface area contributed by atoms with Crippen LogP contribution in [0.1, 0.15) is 32.1 Å². The third-order valence-corrected chi connectivity index (χ3v) is 4.28. The second-order valence-electron chi connectivity index (χ2n) is 6.28. The normalized spacial score (nSPS) is 22.3. The molecule has 0 bridgehead atoms. The van der Waals surface area contributed by atoms with Gasteiger partial charge < -0.3 is 4.74 Å². The molecule has 0 aromatic carbocycles. The molecule has 2 aliphatic heterocycles. The fourth-order valence-corrected chi connectivity index (χ4v) is 3.13. The molecule has 0 N–H and O–H groups in total. The second kappa shape index (κ2) is 5.83. The molecule has 19 heavy (non-hydrogen) atoms. The van der Waals surface area contributed by atoms with E-state index in [9.17, 15) is 4.79 Å². The summed E-state index contributed by atoms with van der Waals surface area (Å²) in [5, 5.41) is 0. The number of hydrogen-bond acceptors (Lipinski definition) is 2. The predicted octanol–water partition coefficient (Wildman–Crippen LogP) is 3.54. The van der Waals surface area contributed by atoms with E-state index < -0.39 is 8.07 Å². The average molecular weight is 277 g/mol. The minimum atomic E-state index is -1.24. The number of amides is 1. The first-order valence-electron chi connectivity index (χ1n) is 7.12. The zero-order chi connectivity index (χ0) is 13.9. The quantitative estimate of drug-likeness (QED) is 0.448. The predicted molar refractivity (Wildman–Crippen MR) is 79.3 cm³/mol. The van der Waals surface area contributed by atoms with E-state index in [1.54, 1.807) is 0 Å². The monoisotopic (exact) mass is 277 g/mol. The molecule has 0 spiro atoms. The first kappa shape index (κ1) is 14.2. The summed E-state index contributed by atoms with van der Waals surface area (Å²) < 4.78 is 5.13. The van der Waals surface area contributed by atoms with Crippen molar-refractivity contribution < 1.29 is 9.53 Å². The number of hydrogen-bond donors (Lipinski definition) is 0.